The quantitative estimate of drug-likeness (QED) is 0.689. The summed E-state index contributed by atoms with van der Waals surface area (Å²) in [5.74, 6) is -0.594. The molecule has 1 N–H and O–H groups in total. The molecule has 0 amide bonds. The van der Waals surface area contributed by atoms with Crippen molar-refractivity contribution in [2.24, 2.45) is 0 Å². The molecule has 1 aliphatic carbocycles. The standard InChI is InChI=1S/C22H21FN2O3/c1-14(19-24-18-11-5-2-8-15(18)20(26)25-19)28-21(27)22(12-6-7-13-22)16-9-3-4-10-17(16)23/h2-5,8-11,14H,6-7,12-13H2,1H3,(H,24,25,26)/t14-/m1/s1. The van der Waals surface area contributed by atoms with Gasteiger partial charge in [0, 0.05) is 5.56 Å². The highest BCUT2D eigenvalue weighted by Gasteiger charge is 2.46. The number of nitrogens with one attached hydrogen (secondary N) is 1. The molecule has 0 bridgehead atoms. The third-order valence-electron chi connectivity index (χ3n) is 5.54. The van der Waals surface area contributed by atoms with E-state index in [1.165, 1.54) is 6.07 Å². The molecule has 1 heterocycles. The van der Waals surface area contributed by atoms with Gasteiger partial charge in [0.1, 0.15) is 5.82 Å². The van der Waals surface area contributed by atoms with Crippen LogP contribution in [0.2, 0.25) is 0 Å². The van der Waals surface area contributed by atoms with E-state index in [1.54, 1.807) is 49.4 Å². The first-order valence-electron chi connectivity index (χ1n) is 9.46. The highest BCUT2D eigenvalue weighted by Crippen LogP contribution is 2.43. The zero-order chi connectivity index (χ0) is 19.7. The van der Waals surface area contributed by atoms with E-state index < -0.39 is 23.3 Å². The molecule has 0 saturated heterocycles. The molecule has 0 spiro atoms. The van der Waals surface area contributed by atoms with E-state index in [1.807, 2.05) is 0 Å². The first-order valence-corrected chi connectivity index (χ1v) is 9.46. The van der Waals surface area contributed by atoms with Crippen LogP contribution in [0.1, 0.15) is 50.1 Å². The lowest BCUT2D eigenvalue weighted by Crippen LogP contribution is -2.36. The number of carbonyl (C=O) groups is 1. The Kier molecular flexibility index (Phi) is 4.71. The summed E-state index contributed by atoms with van der Waals surface area (Å²) in [5, 5.41) is 0.475. The largest absolute Gasteiger partial charge is 0.454 e. The number of rotatable bonds is 4. The van der Waals surface area contributed by atoms with E-state index in [9.17, 15) is 14.0 Å². The minimum Gasteiger partial charge on any atom is -0.454 e. The molecule has 5 nitrogen and oxygen atoms in total. The number of benzene rings is 2. The molecule has 1 aliphatic rings. The second-order valence-electron chi connectivity index (χ2n) is 7.28. The number of para-hydroxylation sites is 1. The Bertz CT molecular complexity index is 1090. The second kappa shape index (κ2) is 7.19. The van der Waals surface area contributed by atoms with Gasteiger partial charge in [0.05, 0.1) is 16.3 Å². The van der Waals surface area contributed by atoms with Crippen molar-refractivity contribution < 1.29 is 13.9 Å². The fourth-order valence-corrected chi connectivity index (χ4v) is 4.04. The maximum absolute atomic E-state index is 14.5. The van der Waals surface area contributed by atoms with Gasteiger partial charge >= 0.3 is 5.97 Å². The first kappa shape index (κ1) is 18.3. The molecule has 1 saturated carbocycles. The smallest absolute Gasteiger partial charge is 0.317 e. The van der Waals surface area contributed by atoms with Crippen LogP contribution in [0, 0.1) is 5.82 Å². The highest BCUT2D eigenvalue weighted by atomic mass is 19.1. The van der Waals surface area contributed by atoms with Gasteiger partial charge in [-0.2, -0.15) is 0 Å². The van der Waals surface area contributed by atoms with E-state index in [-0.39, 0.29) is 11.4 Å². The summed E-state index contributed by atoms with van der Waals surface area (Å²) in [6, 6.07) is 13.4. The summed E-state index contributed by atoms with van der Waals surface area (Å²) in [4.78, 5) is 32.5. The molecule has 1 fully saturated rings. The zero-order valence-corrected chi connectivity index (χ0v) is 15.6. The minimum absolute atomic E-state index is 0.277. The summed E-state index contributed by atoms with van der Waals surface area (Å²) >= 11 is 0. The maximum atomic E-state index is 14.5. The van der Waals surface area contributed by atoms with Crippen LogP contribution >= 0.6 is 0 Å². The van der Waals surface area contributed by atoms with Crippen LogP contribution in [0.15, 0.2) is 53.3 Å². The Morgan fingerprint density at radius 3 is 2.57 bits per heavy atom. The Hall–Kier alpha value is -3.02. The number of nitrogens with zero attached hydrogens (tertiary/aromatic N) is 1. The predicted octanol–water partition coefficient (Wildman–Crippen LogP) is 4.18. The molecular formula is C22H21FN2O3. The molecule has 144 valence electrons. The Balaban J connectivity index is 1.65. The number of H-pyrrole nitrogens is 1. The monoisotopic (exact) mass is 380 g/mol. The molecule has 28 heavy (non-hydrogen) atoms. The molecule has 3 aromatic rings. The van der Waals surface area contributed by atoms with Gasteiger partial charge in [-0.25, -0.2) is 9.37 Å². The lowest BCUT2D eigenvalue weighted by molar-refractivity contribution is -0.156. The van der Waals surface area contributed by atoms with Gasteiger partial charge in [0.15, 0.2) is 11.9 Å². The average molecular weight is 380 g/mol. The van der Waals surface area contributed by atoms with Crippen molar-refractivity contribution in [2.75, 3.05) is 0 Å². The molecule has 1 aromatic heterocycles. The number of halogens is 1. The van der Waals surface area contributed by atoms with E-state index >= 15 is 0 Å². The van der Waals surface area contributed by atoms with Gasteiger partial charge in [-0.15, -0.1) is 0 Å². The molecule has 6 heteroatoms. The summed E-state index contributed by atoms with van der Waals surface area (Å²) in [6.07, 6.45) is 2.00. The SMILES string of the molecule is C[C@@H](OC(=O)C1(c2ccccc2F)CCCC1)c1nc2ccccc2c(=O)[nH]1. The molecule has 2 aromatic carbocycles. The van der Waals surface area contributed by atoms with Gasteiger partial charge in [-0.3, -0.25) is 9.59 Å². The average Bonchev–Trinajstić information content (AvgIpc) is 3.19. The van der Waals surface area contributed by atoms with Crippen LogP contribution in [0.3, 0.4) is 0 Å². The van der Waals surface area contributed by atoms with Crippen molar-refractivity contribution in [1.29, 1.82) is 0 Å². The fraction of sp³-hybridized carbons (Fsp3) is 0.318. The van der Waals surface area contributed by atoms with E-state index in [2.05, 4.69) is 9.97 Å². The van der Waals surface area contributed by atoms with Crippen LogP contribution < -0.4 is 5.56 Å². The number of hydrogen-bond donors (Lipinski definition) is 1. The normalized spacial score (nSPS) is 16.8. The Morgan fingerprint density at radius 2 is 1.82 bits per heavy atom. The first-order chi connectivity index (χ1) is 13.5. The van der Waals surface area contributed by atoms with Crippen molar-refractivity contribution in [3.8, 4) is 0 Å². The lowest BCUT2D eigenvalue weighted by atomic mass is 9.78. The third-order valence-corrected chi connectivity index (χ3v) is 5.54. The zero-order valence-electron chi connectivity index (χ0n) is 15.6. The van der Waals surface area contributed by atoms with Gasteiger partial charge in [-0.05, 0) is 38.0 Å². The van der Waals surface area contributed by atoms with E-state index in [0.29, 0.717) is 29.3 Å². The van der Waals surface area contributed by atoms with Gasteiger partial charge in [-0.1, -0.05) is 43.2 Å². The van der Waals surface area contributed by atoms with E-state index in [0.717, 1.165) is 12.8 Å². The topological polar surface area (TPSA) is 72.0 Å². The molecule has 0 unspecified atom stereocenters. The van der Waals surface area contributed by atoms with Crippen LogP contribution in [-0.2, 0) is 14.9 Å². The van der Waals surface area contributed by atoms with Crippen LogP contribution in [-0.4, -0.2) is 15.9 Å². The molecule has 0 radical (unpaired) electrons. The van der Waals surface area contributed by atoms with Crippen molar-refractivity contribution in [3.63, 3.8) is 0 Å². The number of aromatic nitrogens is 2. The number of fused-ring (bicyclic) bond motifs is 1. The Morgan fingerprint density at radius 1 is 1.14 bits per heavy atom. The number of esters is 1. The van der Waals surface area contributed by atoms with Crippen LogP contribution in [0.5, 0.6) is 0 Å². The second-order valence-corrected chi connectivity index (χ2v) is 7.28. The van der Waals surface area contributed by atoms with Crippen molar-refractivity contribution in [1.82, 2.24) is 9.97 Å². The predicted molar refractivity (Wildman–Crippen MR) is 103 cm³/mol. The van der Waals surface area contributed by atoms with Crippen molar-refractivity contribution in [3.05, 3.63) is 76.1 Å². The molecular weight excluding hydrogens is 359 g/mol. The highest BCUT2D eigenvalue weighted by molar-refractivity contribution is 5.84. The molecule has 4 rings (SSSR count). The number of aromatic amines is 1. The maximum Gasteiger partial charge on any atom is 0.317 e. The number of hydrogen-bond acceptors (Lipinski definition) is 4. The number of carbonyl (C=O) groups excluding carboxylic acids is 1. The van der Waals surface area contributed by atoms with Crippen LogP contribution in [0.4, 0.5) is 4.39 Å². The molecule has 1 atom stereocenters. The summed E-state index contributed by atoms with van der Waals surface area (Å²) < 4.78 is 20.2. The van der Waals surface area contributed by atoms with Gasteiger partial charge < -0.3 is 9.72 Å². The number of ether oxygens (including phenoxy) is 1. The van der Waals surface area contributed by atoms with Gasteiger partial charge in [0.2, 0.25) is 0 Å². The van der Waals surface area contributed by atoms with Crippen LogP contribution in [0.25, 0.3) is 10.9 Å². The third kappa shape index (κ3) is 3.09. The minimum atomic E-state index is -0.989. The van der Waals surface area contributed by atoms with Crippen molar-refractivity contribution in [2.45, 2.75) is 44.1 Å². The Labute approximate surface area is 161 Å². The fourth-order valence-electron chi connectivity index (χ4n) is 4.04. The summed E-state index contributed by atoms with van der Waals surface area (Å²) in [5.41, 5.74) is -0.358. The summed E-state index contributed by atoms with van der Waals surface area (Å²) in [7, 11) is 0. The summed E-state index contributed by atoms with van der Waals surface area (Å²) in [6.45, 7) is 1.66. The van der Waals surface area contributed by atoms with E-state index in [4.69, 9.17) is 4.74 Å². The van der Waals surface area contributed by atoms with Gasteiger partial charge in [0.25, 0.3) is 5.56 Å². The lowest BCUT2D eigenvalue weighted by Gasteiger charge is -2.29. The molecule has 0 aliphatic heterocycles. The van der Waals surface area contributed by atoms with Crippen molar-refractivity contribution >= 4 is 16.9 Å².